The van der Waals surface area contributed by atoms with Gasteiger partial charge in [0.15, 0.2) is 0 Å². The van der Waals surface area contributed by atoms with Gasteiger partial charge in [-0.1, -0.05) is 103 Å². The van der Waals surface area contributed by atoms with E-state index in [2.05, 4.69) is 55.6 Å². The van der Waals surface area contributed by atoms with Crippen LogP contribution >= 0.6 is 11.8 Å². The van der Waals surface area contributed by atoms with Crippen LogP contribution in [0.1, 0.15) is 47.6 Å². The number of carbonyl (C=O) groups excluding carboxylic acids is 2. The van der Waals surface area contributed by atoms with Gasteiger partial charge in [0.1, 0.15) is 6.04 Å². The van der Waals surface area contributed by atoms with Gasteiger partial charge in [-0.05, 0) is 37.0 Å². The van der Waals surface area contributed by atoms with E-state index < -0.39 is 6.04 Å². The first-order valence-corrected chi connectivity index (χ1v) is 13.9. The molecule has 0 aliphatic carbocycles. The average Bonchev–Trinajstić information content (AvgIpc) is 2.89. The van der Waals surface area contributed by atoms with Crippen LogP contribution in [-0.4, -0.2) is 35.1 Å². The summed E-state index contributed by atoms with van der Waals surface area (Å²) in [4.78, 5) is 28.9. The van der Waals surface area contributed by atoms with Crippen LogP contribution < -0.4 is 5.32 Å². The zero-order valence-corrected chi connectivity index (χ0v) is 22.5. The van der Waals surface area contributed by atoms with Gasteiger partial charge in [-0.15, -0.1) is 11.8 Å². The molecule has 3 aromatic rings. The van der Waals surface area contributed by atoms with Crippen LogP contribution in [0.5, 0.6) is 0 Å². The lowest BCUT2D eigenvalue weighted by Gasteiger charge is -2.31. The Morgan fingerprint density at radius 3 is 2.06 bits per heavy atom. The van der Waals surface area contributed by atoms with Crippen LogP contribution in [-0.2, 0) is 28.3 Å². The van der Waals surface area contributed by atoms with Crippen LogP contribution in [0.2, 0.25) is 0 Å². The number of hydrogen-bond donors (Lipinski definition) is 1. The number of benzene rings is 3. The SMILES string of the molecule is CCCCNC(=O)[C@@H](Cc1ccccc1)N(Cc1ccc(C)cc1)C(=O)CSCc1ccc(C)cc1. The maximum Gasteiger partial charge on any atom is 0.243 e. The van der Waals surface area contributed by atoms with E-state index in [1.54, 1.807) is 16.7 Å². The smallest absolute Gasteiger partial charge is 0.243 e. The summed E-state index contributed by atoms with van der Waals surface area (Å²) in [7, 11) is 0. The van der Waals surface area contributed by atoms with Crippen molar-refractivity contribution in [3.63, 3.8) is 0 Å². The number of unbranched alkanes of at least 4 members (excludes halogenated alkanes) is 1. The molecule has 0 fully saturated rings. The second-order valence-electron chi connectivity index (χ2n) is 9.34. The molecule has 0 spiro atoms. The molecule has 3 rings (SSSR count). The van der Waals surface area contributed by atoms with Gasteiger partial charge < -0.3 is 10.2 Å². The number of thioether (sulfide) groups is 1. The highest BCUT2D eigenvalue weighted by atomic mass is 32.2. The van der Waals surface area contributed by atoms with Gasteiger partial charge >= 0.3 is 0 Å². The minimum Gasteiger partial charge on any atom is -0.354 e. The molecule has 190 valence electrons. The second kappa shape index (κ2) is 14.5. The van der Waals surface area contributed by atoms with Crippen LogP contribution in [0.15, 0.2) is 78.9 Å². The maximum absolute atomic E-state index is 13.7. The standard InChI is InChI=1S/C31H38N2O2S/c1-4-5-19-32-31(35)29(20-26-9-7-6-8-10-26)33(21-27-15-11-24(2)12-16-27)30(34)23-36-22-28-17-13-25(3)14-18-28/h6-18,29H,4-5,19-23H2,1-3H3,(H,32,35)/t29-/m1/s1. The van der Waals surface area contributed by atoms with Crippen molar-refractivity contribution in [3.8, 4) is 0 Å². The van der Waals surface area contributed by atoms with Crippen molar-refractivity contribution in [2.75, 3.05) is 12.3 Å². The van der Waals surface area contributed by atoms with Crippen LogP contribution in [0.3, 0.4) is 0 Å². The minimum atomic E-state index is -0.571. The Bertz CT molecular complexity index is 1080. The first kappa shape index (κ1) is 27.5. The molecule has 4 nitrogen and oxygen atoms in total. The monoisotopic (exact) mass is 502 g/mol. The molecule has 0 aromatic heterocycles. The maximum atomic E-state index is 13.7. The van der Waals surface area contributed by atoms with Crippen molar-refractivity contribution in [1.29, 1.82) is 0 Å². The molecule has 0 bridgehead atoms. The highest BCUT2D eigenvalue weighted by Gasteiger charge is 2.30. The molecule has 0 saturated heterocycles. The second-order valence-corrected chi connectivity index (χ2v) is 10.3. The molecule has 0 unspecified atom stereocenters. The van der Waals surface area contributed by atoms with Gasteiger partial charge in [0, 0.05) is 25.3 Å². The van der Waals surface area contributed by atoms with Crippen molar-refractivity contribution in [2.24, 2.45) is 0 Å². The molecule has 1 N–H and O–H groups in total. The summed E-state index contributed by atoms with van der Waals surface area (Å²) in [6.07, 6.45) is 2.41. The Labute approximate surface area is 220 Å². The lowest BCUT2D eigenvalue weighted by molar-refractivity contribution is -0.139. The molecule has 1 atom stereocenters. The summed E-state index contributed by atoms with van der Waals surface area (Å²) < 4.78 is 0. The predicted octanol–water partition coefficient (Wildman–Crippen LogP) is 6.09. The van der Waals surface area contributed by atoms with Crippen molar-refractivity contribution < 1.29 is 9.59 Å². The number of carbonyl (C=O) groups is 2. The van der Waals surface area contributed by atoms with Crippen LogP contribution in [0.4, 0.5) is 0 Å². The van der Waals surface area contributed by atoms with E-state index >= 15 is 0 Å². The zero-order valence-electron chi connectivity index (χ0n) is 21.7. The van der Waals surface area contributed by atoms with E-state index in [-0.39, 0.29) is 11.8 Å². The summed E-state index contributed by atoms with van der Waals surface area (Å²) in [6.45, 7) is 7.25. The summed E-state index contributed by atoms with van der Waals surface area (Å²) in [5, 5.41) is 3.08. The number of nitrogens with one attached hydrogen (secondary N) is 1. The molecule has 0 aliphatic rings. The number of hydrogen-bond acceptors (Lipinski definition) is 3. The first-order chi connectivity index (χ1) is 17.5. The van der Waals surface area contributed by atoms with E-state index in [9.17, 15) is 9.59 Å². The molecule has 0 aliphatic heterocycles. The highest BCUT2D eigenvalue weighted by molar-refractivity contribution is 7.99. The number of rotatable bonds is 13. The molecule has 36 heavy (non-hydrogen) atoms. The molecular weight excluding hydrogens is 464 g/mol. The third-order valence-corrected chi connectivity index (χ3v) is 7.18. The number of aryl methyl sites for hydroxylation is 2. The van der Waals surface area contributed by atoms with Crippen molar-refractivity contribution >= 4 is 23.6 Å². The molecule has 0 heterocycles. The Kier molecular flexibility index (Phi) is 11.1. The van der Waals surface area contributed by atoms with E-state index in [1.165, 1.54) is 16.7 Å². The molecular formula is C31H38N2O2S. The molecule has 2 amide bonds. The summed E-state index contributed by atoms with van der Waals surface area (Å²) in [5.41, 5.74) is 5.66. The van der Waals surface area contributed by atoms with E-state index in [1.807, 2.05) is 49.4 Å². The normalized spacial score (nSPS) is 11.6. The van der Waals surface area contributed by atoms with E-state index in [0.717, 1.165) is 29.7 Å². The lowest BCUT2D eigenvalue weighted by Crippen LogP contribution is -2.51. The average molecular weight is 503 g/mol. The van der Waals surface area contributed by atoms with Gasteiger partial charge in [-0.3, -0.25) is 9.59 Å². The topological polar surface area (TPSA) is 49.4 Å². The quantitative estimate of drug-likeness (QED) is 0.288. The summed E-state index contributed by atoms with van der Waals surface area (Å²) >= 11 is 1.60. The minimum absolute atomic E-state index is 0.0146. The van der Waals surface area contributed by atoms with E-state index in [0.29, 0.717) is 25.3 Å². The third kappa shape index (κ3) is 8.87. The lowest BCUT2D eigenvalue weighted by atomic mass is 10.0. The number of nitrogens with zero attached hydrogens (tertiary/aromatic N) is 1. The Hall–Kier alpha value is -3.05. The van der Waals surface area contributed by atoms with Gasteiger partial charge in [-0.25, -0.2) is 0 Å². The van der Waals surface area contributed by atoms with Crippen LogP contribution in [0, 0.1) is 13.8 Å². The highest BCUT2D eigenvalue weighted by Crippen LogP contribution is 2.19. The molecule has 0 saturated carbocycles. The molecule has 5 heteroatoms. The number of amides is 2. The Balaban J connectivity index is 1.81. The largest absolute Gasteiger partial charge is 0.354 e. The van der Waals surface area contributed by atoms with Gasteiger partial charge in [-0.2, -0.15) is 0 Å². The van der Waals surface area contributed by atoms with Crippen molar-refractivity contribution in [3.05, 3.63) is 107 Å². The summed E-state index contributed by atoms with van der Waals surface area (Å²) in [6, 6.07) is 26.0. The third-order valence-electron chi connectivity index (χ3n) is 6.19. The molecule has 0 radical (unpaired) electrons. The van der Waals surface area contributed by atoms with Gasteiger partial charge in [0.25, 0.3) is 0 Å². The van der Waals surface area contributed by atoms with Crippen LogP contribution in [0.25, 0.3) is 0 Å². The van der Waals surface area contributed by atoms with Crippen molar-refractivity contribution in [1.82, 2.24) is 10.2 Å². The zero-order chi connectivity index (χ0) is 25.8. The fourth-order valence-corrected chi connectivity index (χ4v) is 4.84. The Morgan fingerprint density at radius 2 is 1.44 bits per heavy atom. The van der Waals surface area contributed by atoms with Gasteiger partial charge in [0.2, 0.25) is 11.8 Å². The predicted molar refractivity (Wildman–Crippen MR) is 151 cm³/mol. The van der Waals surface area contributed by atoms with Gasteiger partial charge in [0.05, 0.1) is 5.75 Å². The fraction of sp³-hybridized carbons (Fsp3) is 0.355. The summed E-state index contributed by atoms with van der Waals surface area (Å²) in [5.74, 6) is 0.986. The van der Waals surface area contributed by atoms with E-state index in [4.69, 9.17) is 0 Å². The van der Waals surface area contributed by atoms with Crippen molar-refractivity contribution in [2.45, 2.75) is 58.4 Å². The molecule has 3 aromatic carbocycles. The fourth-order valence-electron chi connectivity index (χ4n) is 3.97. The Morgan fingerprint density at radius 1 is 0.833 bits per heavy atom. The first-order valence-electron chi connectivity index (χ1n) is 12.8.